The van der Waals surface area contributed by atoms with Gasteiger partial charge in [0, 0.05) is 29.8 Å². The molecule has 35 heavy (non-hydrogen) atoms. The minimum absolute atomic E-state index is 0.128. The van der Waals surface area contributed by atoms with Gasteiger partial charge in [-0.15, -0.1) is 0 Å². The van der Waals surface area contributed by atoms with Crippen LogP contribution in [-0.2, 0) is 6.18 Å². The van der Waals surface area contributed by atoms with Crippen molar-refractivity contribution in [1.82, 2.24) is 20.0 Å². The van der Waals surface area contributed by atoms with Gasteiger partial charge in [-0.05, 0) is 49.2 Å². The molecule has 1 aliphatic heterocycles. The molecule has 1 fully saturated rings. The molecule has 1 aliphatic rings. The SMILES string of the molecule is O=C(c1cccc(-c2noc(C(F)(F)F)n2)c1)N1CCCC(c2ncc(-c3ccc(F)cc3)o2)C1. The van der Waals surface area contributed by atoms with Crippen LogP contribution in [0.4, 0.5) is 17.6 Å². The van der Waals surface area contributed by atoms with Crippen molar-refractivity contribution in [2.24, 2.45) is 0 Å². The van der Waals surface area contributed by atoms with Crippen LogP contribution in [0.2, 0.25) is 0 Å². The van der Waals surface area contributed by atoms with Crippen molar-refractivity contribution in [1.29, 1.82) is 0 Å². The van der Waals surface area contributed by atoms with E-state index in [-0.39, 0.29) is 29.0 Å². The quantitative estimate of drug-likeness (QED) is 0.351. The lowest BCUT2D eigenvalue weighted by atomic mass is 9.97. The summed E-state index contributed by atoms with van der Waals surface area (Å²) in [7, 11) is 0. The van der Waals surface area contributed by atoms with Crippen molar-refractivity contribution in [3.05, 3.63) is 77.9 Å². The van der Waals surface area contributed by atoms with E-state index in [9.17, 15) is 22.4 Å². The van der Waals surface area contributed by atoms with Crippen LogP contribution < -0.4 is 0 Å². The molecule has 1 amide bonds. The Balaban J connectivity index is 1.31. The molecule has 4 aromatic rings. The molecule has 0 aliphatic carbocycles. The number of amides is 1. The van der Waals surface area contributed by atoms with Gasteiger partial charge in [0.1, 0.15) is 5.82 Å². The van der Waals surface area contributed by atoms with E-state index in [2.05, 4.69) is 19.6 Å². The van der Waals surface area contributed by atoms with E-state index >= 15 is 0 Å². The van der Waals surface area contributed by atoms with Crippen LogP contribution in [-0.4, -0.2) is 39.0 Å². The molecule has 5 rings (SSSR count). The van der Waals surface area contributed by atoms with E-state index in [1.807, 2.05) is 0 Å². The summed E-state index contributed by atoms with van der Waals surface area (Å²) in [5.41, 5.74) is 1.22. The average Bonchev–Trinajstić information content (AvgIpc) is 3.55. The minimum Gasteiger partial charge on any atom is -0.440 e. The molecule has 0 spiro atoms. The van der Waals surface area contributed by atoms with Crippen LogP contribution in [0.15, 0.2) is 63.7 Å². The molecule has 2 aromatic heterocycles. The highest BCUT2D eigenvalue weighted by molar-refractivity contribution is 5.95. The Kier molecular flexibility index (Phi) is 5.83. The second-order valence-electron chi connectivity index (χ2n) is 8.16. The summed E-state index contributed by atoms with van der Waals surface area (Å²) in [5.74, 6) is -1.46. The highest BCUT2D eigenvalue weighted by atomic mass is 19.4. The third-order valence-electron chi connectivity index (χ3n) is 5.75. The van der Waals surface area contributed by atoms with Crippen LogP contribution in [0.1, 0.15) is 40.9 Å². The Morgan fingerprint density at radius 1 is 1.09 bits per heavy atom. The van der Waals surface area contributed by atoms with E-state index < -0.39 is 12.1 Å². The van der Waals surface area contributed by atoms with Gasteiger partial charge in [-0.2, -0.15) is 18.2 Å². The largest absolute Gasteiger partial charge is 0.471 e. The van der Waals surface area contributed by atoms with Gasteiger partial charge in [-0.3, -0.25) is 4.79 Å². The number of rotatable bonds is 4. The molecule has 11 heteroatoms. The Labute approximate surface area is 196 Å². The van der Waals surface area contributed by atoms with Gasteiger partial charge in [0.25, 0.3) is 5.91 Å². The molecule has 1 unspecified atom stereocenters. The second-order valence-corrected chi connectivity index (χ2v) is 8.16. The van der Waals surface area contributed by atoms with Crippen molar-refractivity contribution in [3.8, 4) is 22.7 Å². The maximum Gasteiger partial charge on any atom is 0.471 e. The number of nitrogens with zero attached hydrogens (tertiary/aromatic N) is 4. The van der Waals surface area contributed by atoms with Gasteiger partial charge in [-0.1, -0.05) is 17.3 Å². The van der Waals surface area contributed by atoms with E-state index in [0.717, 1.165) is 12.8 Å². The topological polar surface area (TPSA) is 85.3 Å². The number of oxazole rings is 1. The Morgan fingerprint density at radius 2 is 1.89 bits per heavy atom. The van der Waals surface area contributed by atoms with Crippen molar-refractivity contribution in [2.75, 3.05) is 13.1 Å². The van der Waals surface area contributed by atoms with Crippen LogP contribution in [0.5, 0.6) is 0 Å². The number of carbonyl (C=O) groups excluding carboxylic acids is 1. The number of hydrogen-bond donors (Lipinski definition) is 0. The summed E-state index contributed by atoms with van der Waals surface area (Å²) in [6.45, 7) is 0.887. The van der Waals surface area contributed by atoms with Gasteiger partial charge in [0.05, 0.1) is 12.1 Å². The first kappa shape index (κ1) is 22.8. The average molecular weight is 486 g/mol. The van der Waals surface area contributed by atoms with Crippen molar-refractivity contribution >= 4 is 5.91 Å². The molecule has 0 bridgehead atoms. The summed E-state index contributed by atoms with van der Waals surface area (Å²) in [6, 6.07) is 12.0. The highest BCUT2D eigenvalue weighted by Crippen LogP contribution is 2.32. The molecule has 1 atom stereocenters. The molecule has 1 saturated heterocycles. The molecule has 7 nitrogen and oxygen atoms in total. The zero-order valence-corrected chi connectivity index (χ0v) is 18.1. The highest BCUT2D eigenvalue weighted by Gasteiger charge is 2.38. The summed E-state index contributed by atoms with van der Waals surface area (Å²) in [5, 5.41) is 3.38. The van der Waals surface area contributed by atoms with Gasteiger partial charge in [-0.25, -0.2) is 9.37 Å². The maximum atomic E-state index is 13.2. The van der Waals surface area contributed by atoms with Gasteiger partial charge < -0.3 is 13.8 Å². The number of likely N-dealkylation sites (tertiary alicyclic amines) is 1. The van der Waals surface area contributed by atoms with Gasteiger partial charge in [0.15, 0.2) is 11.7 Å². The first-order chi connectivity index (χ1) is 16.8. The maximum absolute atomic E-state index is 13.2. The molecular weight excluding hydrogens is 468 g/mol. The summed E-state index contributed by atoms with van der Waals surface area (Å²) in [6.07, 6.45) is -1.68. The molecular formula is C24H18F4N4O3. The summed E-state index contributed by atoms with van der Waals surface area (Å²) < 4.78 is 61.7. The predicted molar refractivity (Wildman–Crippen MR) is 115 cm³/mol. The van der Waals surface area contributed by atoms with E-state index in [4.69, 9.17) is 4.42 Å². The van der Waals surface area contributed by atoms with Crippen LogP contribution in [0.3, 0.4) is 0 Å². The lowest BCUT2D eigenvalue weighted by Gasteiger charge is -2.31. The Morgan fingerprint density at radius 3 is 2.63 bits per heavy atom. The molecule has 0 radical (unpaired) electrons. The first-order valence-electron chi connectivity index (χ1n) is 10.8. The molecule has 0 N–H and O–H groups in total. The monoisotopic (exact) mass is 486 g/mol. The number of halogens is 4. The number of hydrogen-bond acceptors (Lipinski definition) is 6. The Hall–Kier alpha value is -4.02. The third kappa shape index (κ3) is 4.79. The van der Waals surface area contributed by atoms with E-state index in [1.54, 1.807) is 35.4 Å². The fourth-order valence-corrected chi connectivity index (χ4v) is 4.02. The summed E-state index contributed by atoms with van der Waals surface area (Å²) >= 11 is 0. The zero-order valence-electron chi connectivity index (χ0n) is 18.1. The number of benzene rings is 2. The molecule has 3 heterocycles. The normalized spacial score (nSPS) is 16.5. The van der Waals surface area contributed by atoms with Gasteiger partial charge in [0.2, 0.25) is 5.82 Å². The summed E-state index contributed by atoms with van der Waals surface area (Å²) in [4.78, 5) is 22.6. The fourth-order valence-electron chi connectivity index (χ4n) is 4.02. The molecule has 180 valence electrons. The fraction of sp³-hybridized carbons (Fsp3) is 0.250. The molecule has 0 saturated carbocycles. The number of piperidine rings is 1. The third-order valence-corrected chi connectivity index (χ3v) is 5.75. The lowest BCUT2D eigenvalue weighted by Crippen LogP contribution is -2.39. The molecule has 2 aromatic carbocycles. The zero-order chi connectivity index (χ0) is 24.6. The smallest absolute Gasteiger partial charge is 0.440 e. The van der Waals surface area contributed by atoms with E-state index in [1.165, 1.54) is 24.3 Å². The van der Waals surface area contributed by atoms with Crippen LogP contribution >= 0.6 is 0 Å². The standard InChI is InChI=1S/C24H18F4N4O3/c25-18-8-6-14(7-9-18)19-12-29-21(34-19)17-5-2-10-32(13-17)22(33)16-4-1-3-15(11-16)20-30-23(35-31-20)24(26,27)28/h1,3-4,6-9,11-12,17H,2,5,10,13H2. The van der Waals surface area contributed by atoms with Crippen molar-refractivity contribution in [2.45, 2.75) is 24.9 Å². The van der Waals surface area contributed by atoms with E-state index in [0.29, 0.717) is 35.9 Å². The first-order valence-corrected chi connectivity index (χ1v) is 10.8. The van der Waals surface area contributed by atoms with Crippen LogP contribution in [0, 0.1) is 5.82 Å². The van der Waals surface area contributed by atoms with Gasteiger partial charge >= 0.3 is 12.1 Å². The lowest BCUT2D eigenvalue weighted by molar-refractivity contribution is -0.159. The number of aromatic nitrogens is 3. The van der Waals surface area contributed by atoms with Crippen molar-refractivity contribution < 1.29 is 31.3 Å². The minimum atomic E-state index is -4.75. The Bertz CT molecular complexity index is 1350. The predicted octanol–water partition coefficient (Wildman–Crippen LogP) is 5.57. The van der Waals surface area contributed by atoms with Crippen LogP contribution in [0.25, 0.3) is 22.7 Å². The number of carbonyl (C=O) groups is 1. The van der Waals surface area contributed by atoms with Crippen molar-refractivity contribution in [3.63, 3.8) is 0 Å². The second kappa shape index (κ2) is 8.97. The number of alkyl halides is 3.